The summed E-state index contributed by atoms with van der Waals surface area (Å²) in [5.41, 5.74) is -0.300. The van der Waals surface area contributed by atoms with E-state index in [0.29, 0.717) is 11.7 Å². The summed E-state index contributed by atoms with van der Waals surface area (Å²) in [5, 5.41) is 20.4. The molecule has 2 aromatic rings. The van der Waals surface area contributed by atoms with E-state index in [-0.39, 0.29) is 12.0 Å². The van der Waals surface area contributed by atoms with Crippen molar-refractivity contribution < 1.29 is 46.6 Å². The van der Waals surface area contributed by atoms with Crippen molar-refractivity contribution in [3.05, 3.63) is 60.1 Å². The topological polar surface area (TPSA) is 99.8 Å². The van der Waals surface area contributed by atoms with Gasteiger partial charge in [0.05, 0.1) is 25.9 Å². The molecule has 6 rings (SSSR count). The van der Waals surface area contributed by atoms with Crippen molar-refractivity contribution in [3.63, 3.8) is 0 Å². The molecule has 3 aliphatic heterocycles. The number of halogens is 3. The van der Waals surface area contributed by atoms with E-state index < -0.39 is 23.7 Å². The Labute approximate surface area is 219 Å². The lowest BCUT2D eigenvalue weighted by Gasteiger charge is -2.52. The van der Waals surface area contributed by atoms with Crippen molar-refractivity contribution in [1.82, 2.24) is 0 Å². The van der Waals surface area contributed by atoms with Crippen LogP contribution < -0.4 is 5.11 Å². The van der Waals surface area contributed by atoms with Crippen LogP contribution >= 0.6 is 0 Å². The molecule has 4 aliphatic rings. The Hall–Kier alpha value is -2.85. The zero-order chi connectivity index (χ0) is 27.4. The van der Waals surface area contributed by atoms with Crippen LogP contribution in [-0.2, 0) is 26.3 Å². The molecule has 10 heteroatoms. The number of aliphatic hydroxyl groups is 1. The van der Waals surface area contributed by atoms with Crippen LogP contribution in [0.15, 0.2) is 53.1 Å². The maximum Gasteiger partial charge on any atom is 0.430 e. The molecular formula is C28H34F3NO6. The van der Waals surface area contributed by atoms with Crippen LogP contribution in [0, 0.1) is 11.8 Å². The predicted molar refractivity (Wildman–Crippen MR) is 128 cm³/mol. The van der Waals surface area contributed by atoms with E-state index in [1.165, 1.54) is 11.8 Å². The number of nitrogens with zero attached hydrogens (tertiary/aromatic N) is 1. The summed E-state index contributed by atoms with van der Waals surface area (Å²) in [4.78, 5) is 22.2. The fourth-order valence-corrected chi connectivity index (χ4v) is 6.21. The van der Waals surface area contributed by atoms with Gasteiger partial charge in [0, 0.05) is 31.1 Å². The molecule has 0 amide bonds. The van der Waals surface area contributed by atoms with Gasteiger partial charge in [0.2, 0.25) is 5.60 Å². The Kier molecular flexibility index (Phi) is 8.52. The fraction of sp³-hybridized carbons (Fsp3) is 0.571. The van der Waals surface area contributed by atoms with E-state index >= 15 is 0 Å². The summed E-state index contributed by atoms with van der Waals surface area (Å²) in [5.74, 6) is -2.90. The number of carbonyl (C=O) groups is 2. The number of carboxylic acid groups (broad SMARTS) is 1. The first-order valence-electron chi connectivity index (χ1n) is 13.2. The third kappa shape index (κ3) is 6.23. The van der Waals surface area contributed by atoms with Gasteiger partial charge in [-0.05, 0) is 30.5 Å². The highest BCUT2D eigenvalue weighted by Gasteiger charge is 2.54. The number of piperidine rings is 3. The lowest BCUT2D eigenvalue weighted by Crippen LogP contribution is -2.65. The van der Waals surface area contributed by atoms with Gasteiger partial charge in [0.1, 0.15) is 18.3 Å². The number of quaternary nitrogens is 1. The molecule has 0 spiro atoms. The minimum absolute atomic E-state index is 0.117. The van der Waals surface area contributed by atoms with Gasteiger partial charge in [-0.3, -0.25) is 0 Å². The number of rotatable bonds is 7. The van der Waals surface area contributed by atoms with Crippen LogP contribution in [0.3, 0.4) is 0 Å². The van der Waals surface area contributed by atoms with E-state index in [2.05, 4.69) is 30.3 Å². The second-order valence-corrected chi connectivity index (χ2v) is 10.7. The van der Waals surface area contributed by atoms with E-state index in [1.54, 1.807) is 12.1 Å². The lowest BCUT2D eigenvalue weighted by molar-refractivity contribution is -0.946. The predicted octanol–water partition coefficient (Wildman–Crippen LogP) is 3.35. The molecule has 4 fully saturated rings. The molecule has 0 unspecified atom stereocenters. The molecule has 4 heterocycles. The van der Waals surface area contributed by atoms with Crippen molar-refractivity contribution in [2.24, 2.45) is 11.8 Å². The van der Waals surface area contributed by atoms with E-state index in [4.69, 9.17) is 19.1 Å². The van der Waals surface area contributed by atoms with Crippen molar-refractivity contribution >= 4 is 11.9 Å². The summed E-state index contributed by atoms with van der Waals surface area (Å²) < 4.78 is 44.2. The van der Waals surface area contributed by atoms with Crippen molar-refractivity contribution in [3.8, 4) is 0 Å². The molecule has 3 saturated heterocycles. The van der Waals surface area contributed by atoms with E-state index in [9.17, 15) is 23.1 Å². The minimum Gasteiger partial charge on any atom is -0.542 e. The molecule has 2 bridgehead atoms. The molecule has 1 aromatic carbocycles. The number of aliphatic carboxylic acids is 1. The van der Waals surface area contributed by atoms with Crippen LogP contribution in [0.2, 0.25) is 0 Å². The monoisotopic (exact) mass is 537 g/mol. The van der Waals surface area contributed by atoms with Crippen LogP contribution in [0.5, 0.6) is 0 Å². The molecule has 38 heavy (non-hydrogen) atoms. The quantitative estimate of drug-likeness (QED) is 0.430. The van der Waals surface area contributed by atoms with Gasteiger partial charge in [-0.15, -0.1) is 0 Å². The number of benzene rings is 1. The second-order valence-electron chi connectivity index (χ2n) is 10.7. The van der Waals surface area contributed by atoms with Gasteiger partial charge in [0.25, 0.3) is 0 Å². The standard InChI is InChI=1S/C26H34NO4.C2HF3O2/c28-25(26(29,22-9-4-5-10-22)24-11-6-18-30-24)31-23-19-27(16-13-21(23)14-17-27)15-12-20-7-2-1-3-8-20;3-2(4,5)1(6)7/h1-3,6-8,11,18,21-23,29H,4-5,9-10,12-17,19H2;(H,6,7)/q+1;/p-1/t21?,23-,26+,27?;/m0./s1. The Morgan fingerprint density at radius 3 is 2.21 bits per heavy atom. The zero-order valence-electron chi connectivity index (χ0n) is 21.2. The average molecular weight is 538 g/mol. The minimum atomic E-state index is -5.19. The van der Waals surface area contributed by atoms with Crippen LogP contribution in [0.4, 0.5) is 13.2 Å². The summed E-state index contributed by atoms with van der Waals surface area (Å²) in [6.07, 6.45) is 3.18. The summed E-state index contributed by atoms with van der Waals surface area (Å²) in [6.45, 7) is 4.27. The first-order valence-corrected chi connectivity index (χ1v) is 13.2. The van der Waals surface area contributed by atoms with Crippen LogP contribution in [0.25, 0.3) is 0 Å². The maximum atomic E-state index is 13.4. The Morgan fingerprint density at radius 1 is 1.03 bits per heavy atom. The zero-order valence-corrected chi connectivity index (χ0v) is 21.2. The Bertz CT molecular complexity index is 1060. The Balaban J connectivity index is 0.000000426. The molecule has 208 valence electrons. The highest BCUT2D eigenvalue weighted by Crippen LogP contribution is 2.43. The number of carboxylic acids is 1. The number of hydrogen-bond acceptors (Lipinski definition) is 6. The highest BCUT2D eigenvalue weighted by atomic mass is 19.4. The molecule has 1 saturated carbocycles. The number of alkyl halides is 3. The smallest absolute Gasteiger partial charge is 0.430 e. The number of furan rings is 1. The third-order valence-electron chi connectivity index (χ3n) is 8.40. The van der Waals surface area contributed by atoms with E-state index in [1.807, 2.05) is 0 Å². The van der Waals surface area contributed by atoms with Crippen LogP contribution in [-0.4, -0.2) is 60.0 Å². The van der Waals surface area contributed by atoms with Gasteiger partial charge in [0.15, 0.2) is 6.10 Å². The number of hydrogen-bond donors (Lipinski definition) is 1. The first kappa shape index (κ1) is 28.2. The van der Waals surface area contributed by atoms with Crippen molar-refractivity contribution in [1.29, 1.82) is 0 Å². The van der Waals surface area contributed by atoms with Gasteiger partial charge in [-0.2, -0.15) is 13.2 Å². The van der Waals surface area contributed by atoms with Gasteiger partial charge < -0.3 is 28.6 Å². The fourth-order valence-electron chi connectivity index (χ4n) is 6.21. The summed E-state index contributed by atoms with van der Waals surface area (Å²) in [6, 6.07) is 14.1. The molecule has 7 nitrogen and oxygen atoms in total. The van der Waals surface area contributed by atoms with Gasteiger partial charge >= 0.3 is 12.1 Å². The molecule has 1 aliphatic carbocycles. The second kappa shape index (κ2) is 11.5. The third-order valence-corrected chi connectivity index (χ3v) is 8.40. The molecule has 0 radical (unpaired) electrons. The first-order chi connectivity index (χ1) is 18.0. The van der Waals surface area contributed by atoms with Gasteiger partial charge in [-0.1, -0.05) is 43.2 Å². The maximum absolute atomic E-state index is 13.4. The molecule has 2 atom stereocenters. The highest BCUT2D eigenvalue weighted by molar-refractivity contribution is 5.81. The normalized spacial score (nSPS) is 26.7. The lowest BCUT2D eigenvalue weighted by atomic mass is 9.81. The average Bonchev–Trinajstić information content (AvgIpc) is 3.64. The van der Waals surface area contributed by atoms with E-state index in [0.717, 1.165) is 75.6 Å². The number of esters is 1. The Morgan fingerprint density at radius 2 is 1.66 bits per heavy atom. The van der Waals surface area contributed by atoms with Crippen molar-refractivity contribution in [2.75, 3.05) is 26.2 Å². The SMILES string of the molecule is O=C(O[C@H]1C[N+]2(CCc3ccccc3)CCC1CC2)[C@](O)(c1ccco1)C1CCCC1.O=C([O-])C(F)(F)F. The molecule has 1 N–H and O–H groups in total. The van der Waals surface area contributed by atoms with Crippen molar-refractivity contribution in [2.45, 2.75) is 62.8 Å². The number of ether oxygens (including phenoxy) is 1. The van der Waals surface area contributed by atoms with Gasteiger partial charge in [-0.25, -0.2) is 4.79 Å². The van der Waals surface area contributed by atoms with Crippen LogP contribution in [0.1, 0.15) is 49.8 Å². The number of fused-ring (bicyclic) bond motifs is 3. The molecule has 1 aromatic heterocycles. The number of carbonyl (C=O) groups excluding carboxylic acids is 2. The summed E-state index contributed by atoms with van der Waals surface area (Å²) in [7, 11) is 0. The summed E-state index contributed by atoms with van der Waals surface area (Å²) >= 11 is 0. The molecular weight excluding hydrogens is 503 g/mol. The largest absolute Gasteiger partial charge is 0.542 e.